The second kappa shape index (κ2) is 41.1. The summed E-state index contributed by atoms with van der Waals surface area (Å²) in [5, 5.41) is 0. The van der Waals surface area contributed by atoms with Crippen LogP contribution >= 0.6 is 0 Å². The average Bonchev–Trinajstić information content (AvgIpc) is 3.14. The first kappa shape index (κ1) is 52.4. The Morgan fingerprint density at radius 3 is 0.907 bits per heavy atom. The number of ether oxygens (including phenoxy) is 3. The Morgan fingerprint density at radius 1 is 0.352 bits per heavy atom. The molecule has 1 atom stereocenters. The van der Waals surface area contributed by atoms with E-state index < -0.39 is 6.10 Å². The van der Waals surface area contributed by atoms with E-state index in [1.807, 2.05) is 0 Å². The van der Waals surface area contributed by atoms with Crippen LogP contribution in [0.5, 0.6) is 0 Å². The van der Waals surface area contributed by atoms with Crippen LogP contribution in [0, 0.1) is 11.8 Å². The number of unbranched alkanes of at least 4 members (excludes halogenated alkanes) is 27. The van der Waals surface area contributed by atoms with Crippen LogP contribution in [0.3, 0.4) is 0 Å². The van der Waals surface area contributed by atoms with Gasteiger partial charge in [-0.2, -0.15) is 0 Å². The Labute approximate surface area is 336 Å². The molecule has 0 aliphatic rings. The first-order valence-electron chi connectivity index (χ1n) is 23.7. The largest absolute Gasteiger partial charge is 0.462 e. The number of esters is 3. The van der Waals surface area contributed by atoms with Crippen molar-refractivity contribution in [2.24, 2.45) is 11.8 Å². The zero-order chi connectivity index (χ0) is 39.7. The summed E-state index contributed by atoms with van der Waals surface area (Å²) in [7, 11) is 0. The summed E-state index contributed by atoms with van der Waals surface area (Å²) in [4.78, 5) is 37.7. The lowest BCUT2D eigenvalue weighted by Gasteiger charge is -2.18. The van der Waals surface area contributed by atoms with Crippen molar-refractivity contribution in [3.8, 4) is 0 Å². The minimum absolute atomic E-state index is 0.0651. The summed E-state index contributed by atoms with van der Waals surface area (Å²) in [6.07, 6.45) is 39.5. The predicted molar refractivity (Wildman–Crippen MR) is 229 cm³/mol. The maximum absolute atomic E-state index is 12.7. The van der Waals surface area contributed by atoms with Gasteiger partial charge in [-0.25, -0.2) is 0 Å². The van der Waals surface area contributed by atoms with E-state index in [-0.39, 0.29) is 31.1 Å². The van der Waals surface area contributed by atoms with Crippen LogP contribution in [0.2, 0.25) is 0 Å². The van der Waals surface area contributed by atoms with E-state index >= 15 is 0 Å². The summed E-state index contributed by atoms with van der Waals surface area (Å²) >= 11 is 0. The molecule has 0 spiro atoms. The minimum atomic E-state index is -0.760. The number of carbonyl (C=O) groups is 3. The maximum Gasteiger partial charge on any atom is 0.306 e. The molecule has 0 saturated heterocycles. The molecular formula is C48H92O6. The van der Waals surface area contributed by atoms with Crippen LogP contribution < -0.4 is 0 Å². The Kier molecular flexibility index (Phi) is 39.8. The first-order chi connectivity index (χ1) is 26.2. The van der Waals surface area contributed by atoms with E-state index in [4.69, 9.17) is 14.2 Å². The second-order valence-electron chi connectivity index (χ2n) is 17.3. The lowest BCUT2D eigenvalue weighted by atomic mass is 10.0. The van der Waals surface area contributed by atoms with E-state index in [1.54, 1.807) is 0 Å². The fraction of sp³-hybridized carbons (Fsp3) is 0.938. The summed E-state index contributed by atoms with van der Waals surface area (Å²) in [5.74, 6) is 0.754. The van der Waals surface area contributed by atoms with Crippen molar-refractivity contribution in [3.63, 3.8) is 0 Å². The predicted octanol–water partition coefficient (Wildman–Crippen LogP) is 15.0. The second-order valence-corrected chi connectivity index (χ2v) is 17.3. The minimum Gasteiger partial charge on any atom is -0.462 e. The molecule has 0 heterocycles. The van der Waals surface area contributed by atoms with Gasteiger partial charge in [0.25, 0.3) is 0 Å². The average molecular weight is 765 g/mol. The Bertz CT molecular complexity index is 824. The van der Waals surface area contributed by atoms with Gasteiger partial charge in [-0.05, 0) is 31.1 Å². The molecule has 6 nitrogen and oxygen atoms in total. The molecule has 6 heteroatoms. The molecule has 0 saturated carbocycles. The molecule has 0 aliphatic heterocycles. The van der Waals surface area contributed by atoms with Crippen LogP contribution in [0.4, 0.5) is 0 Å². The lowest BCUT2D eigenvalue weighted by Crippen LogP contribution is -2.30. The first-order valence-corrected chi connectivity index (χ1v) is 23.7. The molecule has 0 rings (SSSR count). The zero-order valence-electron chi connectivity index (χ0n) is 36.8. The molecule has 0 N–H and O–H groups in total. The van der Waals surface area contributed by atoms with Crippen molar-refractivity contribution in [2.75, 3.05) is 13.2 Å². The topological polar surface area (TPSA) is 78.9 Å². The summed E-state index contributed by atoms with van der Waals surface area (Å²) < 4.78 is 16.7. The van der Waals surface area contributed by atoms with Gasteiger partial charge in [-0.1, -0.05) is 221 Å². The summed E-state index contributed by atoms with van der Waals surface area (Å²) in [6.45, 7) is 11.3. The molecule has 0 unspecified atom stereocenters. The Hall–Kier alpha value is -1.59. The molecule has 0 aromatic heterocycles. The van der Waals surface area contributed by atoms with Crippen LogP contribution in [0.25, 0.3) is 0 Å². The van der Waals surface area contributed by atoms with E-state index in [2.05, 4.69) is 34.6 Å². The van der Waals surface area contributed by atoms with Gasteiger partial charge in [0.2, 0.25) is 0 Å². The van der Waals surface area contributed by atoms with E-state index in [0.717, 1.165) is 69.6 Å². The molecular weight excluding hydrogens is 673 g/mol. The van der Waals surface area contributed by atoms with Crippen molar-refractivity contribution in [1.82, 2.24) is 0 Å². The smallest absolute Gasteiger partial charge is 0.306 e. The van der Waals surface area contributed by atoms with E-state index in [0.29, 0.717) is 19.3 Å². The van der Waals surface area contributed by atoms with Crippen molar-refractivity contribution < 1.29 is 28.6 Å². The SMILES string of the molecule is CCCCCCCCCCCCCC(=O)OC[C@@H](COC(=O)CCCCCCCCCCCCCCC(C)C)OC(=O)CCCCCCCCCC(C)C. The number of carbonyl (C=O) groups excluding carboxylic acids is 3. The lowest BCUT2D eigenvalue weighted by molar-refractivity contribution is -0.167. The number of rotatable bonds is 42. The highest BCUT2D eigenvalue weighted by Crippen LogP contribution is 2.17. The summed E-state index contributed by atoms with van der Waals surface area (Å²) in [6, 6.07) is 0. The van der Waals surface area contributed by atoms with Gasteiger partial charge in [-0.3, -0.25) is 14.4 Å². The van der Waals surface area contributed by atoms with Crippen LogP contribution in [0.1, 0.15) is 259 Å². The van der Waals surface area contributed by atoms with Crippen molar-refractivity contribution >= 4 is 17.9 Å². The van der Waals surface area contributed by atoms with E-state index in [1.165, 1.54) is 148 Å². The van der Waals surface area contributed by atoms with E-state index in [9.17, 15) is 14.4 Å². The van der Waals surface area contributed by atoms with Crippen LogP contribution in [0.15, 0.2) is 0 Å². The molecule has 54 heavy (non-hydrogen) atoms. The fourth-order valence-corrected chi connectivity index (χ4v) is 7.11. The molecule has 0 aliphatic carbocycles. The van der Waals surface area contributed by atoms with Gasteiger partial charge in [0.1, 0.15) is 13.2 Å². The van der Waals surface area contributed by atoms with Crippen molar-refractivity contribution in [3.05, 3.63) is 0 Å². The molecule has 0 bridgehead atoms. The summed E-state index contributed by atoms with van der Waals surface area (Å²) in [5.41, 5.74) is 0. The standard InChI is InChI=1S/C48H92O6/c1-6-7-8-9-10-11-14-18-23-28-33-38-46(49)52-41-45(54-48(51)40-35-30-25-20-22-27-32-37-44(4)5)42-53-47(50)39-34-29-24-19-16-13-12-15-17-21-26-31-36-43(2)3/h43-45H,6-42H2,1-5H3/t45-/m0/s1. The normalized spacial score (nSPS) is 12.1. The molecule has 0 aromatic rings. The quantitative estimate of drug-likeness (QED) is 0.0350. The van der Waals surface area contributed by atoms with Gasteiger partial charge in [0.15, 0.2) is 6.10 Å². The number of hydrogen-bond acceptors (Lipinski definition) is 6. The highest BCUT2D eigenvalue weighted by Gasteiger charge is 2.19. The molecule has 320 valence electrons. The Morgan fingerprint density at radius 2 is 0.611 bits per heavy atom. The number of hydrogen-bond donors (Lipinski definition) is 0. The zero-order valence-corrected chi connectivity index (χ0v) is 36.8. The highest BCUT2D eigenvalue weighted by molar-refractivity contribution is 5.71. The van der Waals surface area contributed by atoms with Gasteiger partial charge in [0.05, 0.1) is 0 Å². The van der Waals surface area contributed by atoms with Gasteiger partial charge in [0, 0.05) is 19.3 Å². The fourth-order valence-electron chi connectivity index (χ4n) is 7.11. The molecule has 0 fully saturated rings. The van der Waals surface area contributed by atoms with Gasteiger partial charge >= 0.3 is 17.9 Å². The van der Waals surface area contributed by atoms with Crippen molar-refractivity contribution in [2.45, 2.75) is 265 Å². The Balaban J connectivity index is 4.29. The van der Waals surface area contributed by atoms with Gasteiger partial charge < -0.3 is 14.2 Å². The molecule has 0 aromatic carbocycles. The van der Waals surface area contributed by atoms with Crippen LogP contribution in [-0.2, 0) is 28.6 Å². The molecule has 0 radical (unpaired) electrons. The monoisotopic (exact) mass is 765 g/mol. The third-order valence-corrected chi connectivity index (χ3v) is 10.7. The van der Waals surface area contributed by atoms with Gasteiger partial charge in [-0.15, -0.1) is 0 Å². The third-order valence-electron chi connectivity index (χ3n) is 10.7. The maximum atomic E-state index is 12.7. The van der Waals surface area contributed by atoms with Crippen LogP contribution in [-0.4, -0.2) is 37.2 Å². The van der Waals surface area contributed by atoms with Crippen molar-refractivity contribution in [1.29, 1.82) is 0 Å². The third kappa shape index (κ3) is 41.6. The molecule has 0 amide bonds. The highest BCUT2D eigenvalue weighted by atomic mass is 16.6.